The normalized spacial score (nSPS) is 12.9. The Labute approximate surface area is 181 Å². The Morgan fingerprint density at radius 3 is 2.24 bits per heavy atom. The van der Waals surface area contributed by atoms with Crippen LogP contribution in [0.25, 0.3) is 0 Å². The van der Waals surface area contributed by atoms with E-state index in [9.17, 15) is 9.90 Å². The second kappa shape index (κ2) is 9.82. The zero-order chi connectivity index (χ0) is 20.8. The Morgan fingerprint density at radius 1 is 0.966 bits per heavy atom. The van der Waals surface area contributed by atoms with Crippen molar-refractivity contribution >= 4 is 29.1 Å². The van der Waals surface area contributed by atoms with Gasteiger partial charge in [0.15, 0.2) is 0 Å². The van der Waals surface area contributed by atoms with Crippen molar-refractivity contribution in [2.45, 2.75) is 31.7 Å². The summed E-state index contributed by atoms with van der Waals surface area (Å²) >= 11 is 12.2. The molecule has 0 spiro atoms. The van der Waals surface area contributed by atoms with Gasteiger partial charge in [-0.2, -0.15) is 0 Å². The van der Waals surface area contributed by atoms with Gasteiger partial charge in [-0.25, -0.2) is 0 Å². The van der Waals surface area contributed by atoms with E-state index in [4.69, 9.17) is 23.2 Å². The number of phenols is 1. The van der Waals surface area contributed by atoms with Gasteiger partial charge in [-0.05, 0) is 30.5 Å². The van der Waals surface area contributed by atoms with E-state index in [2.05, 4.69) is 5.32 Å². The van der Waals surface area contributed by atoms with E-state index >= 15 is 0 Å². The molecule has 3 aromatic carbocycles. The van der Waals surface area contributed by atoms with Crippen molar-refractivity contribution in [1.82, 2.24) is 5.32 Å². The molecule has 0 fully saturated rings. The van der Waals surface area contributed by atoms with Crippen LogP contribution in [0.3, 0.4) is 0 Å². The molecular formula is C24H23Cl2NO2. The third-order valence-corrected chi connectivity index (χ3v) is 5.65. The summed E-state index contributed by atoms with van der Waals surface area (Å²) in [7, 11) is 0. The second-order valence-corrected chi connectivity index (χ2v) is 7.91. The number of phenolic OH excluding ortho intramolecular Hbond substituents is 1. The molecule has 3 rings (SSSR count). The maximum atomic E-state index is 12.8. The van der Waals surface area contributed by atoms with E-state index < -0.39 is 0 Å². The van der Waals surface area contributed by atoms with Crippen molar-refractivity contribution in [2.75, 3.05) is 0 Å². The summed E-state index contributed by atoms with van der Waals surface area (Å²) in [6, 6.07) is 23.0. The Balaban J connectivity index is 1.79. The molecule has 0 aliphatic carbocycles. The predicted molar refractivity (Wildman–Crippen MR) is 119 cm³/mol. The lowest BCUT2D eigenvalue weighted by atomic mass is 9.87. The first kappa shape index (κ1) is 21.2. The number of benzene rings is 3. The molecule has 0 aliphatic heterocycles. The third kappa shape index (κ3) is 5.53. The van der Waals surface area contributed by atoms with Crippen molar-refractivity contribution < 1.29 is 9.90 Å². The fraction of sp³-hybridized carbons (Fsp3) is 0.208. The van der Waals surface area contributed by atoms with Gasteiger partial charge in [0.1, 0.15) is 10.8 Å². The summed E-state index contributed by atoms with van der Waals surface area (Å²) in [4.78, 5) is 12.8. The minimum absolute atomic E-state index is 0.0104. The van der Waals surface area contributed by atoms with Gasteiger partial charge in [-0.15, -0.1) is 0 Å². The fourth-order valence-corrected chi connectivity index (χ4v) is 3.79. The van der Waals surface area contributed by atoms with Crippen LogP contribution in [0.15, 0.2) is 72.8 Å². The SMILES string of the molecule is CC(Cc1ccccc1)NC(=O)CC(c1ccccc1)c1ccc(Cl)c(Cl)c1O. The lowest BCUT2D eigenvalue weighted by molar-refractivity contribution is -0.121. The van der Waals surface area contributed by atoms with Crippen molar-refractivity contribution in [1.29, 1.82) is 0 Å². The highest BCUT2D eigenvalue weighted by molar-refractivity contribution is 6.43. The topological polar surface area (TPSA) is 49.3 Å². The number of halogens is 2. The number of hydrogen-bond acceptors (Lipinski definition) is 2. The Morgan fingerprint density at radius 2 is 1.59 bits per heavy atom. The highest BCUT2D eigenvalue weighted by Gasteiger charge is 2.24. The third-order valence-electron chi connectivity index (χ3n) is 4.86. The van der Waals surface area contributed by atoms with Crippen LogP contribution < -0.4 is 5.32 Å². The number of rotatable bonds is 7. The lowest BCUT2D eigenvalue weighted by Gasteiger charge is -2.21. The quantitative estimate of drug-likeness (QED) is 0.487. The summed E-state index contributed by atoms with van der Waals surface area (Å²) in [5, 5.41) is 14.0. The highest BCUT2D eigenvalue weighted by Crippen LogP contribution is 2.41. The van der Waals surface area contributed by atoms with Gasteiger partial charge in [0.25, 0.3) is 0 Å². The number of carbonyl (C=O) groups is 1. The molecule has 0 saturated carbocycles. The van der Waals surface area contributed by atoms with Gasteiger partial charge in [-0.1, -0.05) is 89.9 Å². The molecule has 150 valence electrons. The van der Waals surface area contributed by atoms with Gasteiger partial charge in [-0.3, -0.25) is 4.79 Å². The summed E-state index contributed by atoms with van der Waals surface area (Å²) < 4.78 is 0. The molecule has 0 heterocycles. The summed E-state index contributed by atoms with van der Waals surface area (Å²) in [5.41, 5.74) is 2.67. The minimum Gasteiger partial charge on any atom is -0.506 e. The molecule has 0 radical (unpaired) electrons. The molecule has 0 saturated heterocycles. The molecule has 0 aliphatic rings. The van der Waals surface area contributed by atoms with Crippen LogP contribution in [-0.4, -0.2) is 17.1 Å². The smallest absolute Gasteiger partial charge is 0.221 e. The van der Waals surface area contributed by atoms with Gasteiger partial charge >= 0.3 is 0 Å². The molecule has 2 atom stereocenters. The van der Waals surface area contributed by atoms with Crippen LogP contribution >= 0.6 is 23.2 Å². The molecule has 1 amide bonds. The average Bonchev–Trinajstić information content (AvgIpc) is 2.72. The Hall–Kier alpha value is -2.49. The van der Waals surface area contributed by atoms with Gasteiger partial charge in [0.2, 0.25) is 5.91 Å². The maximum Gasteiger partial charge on any atom is 0.221 e. The van der Waals surface area contributed by atoms with Gasteiger partial charge < -0.3 is 10.4 Å². The van der Waals surface area contributed by atoms with Crippen molar-refractivity contribution in [3.63, 3.8) is 0 Å². The van der Waals surface area contributed by atoms with Crippen LogP contribution in [0.5, 0.6) is 5.75 Å². The van der Waals surface area contributed by atoms with Crippen LogP contribution in [0.4, 0.5) is 0 Å². The maximum absolute atomic E-state index is 12.8. The van der Waals surface area contributed by atoms with Crippen LogP contribution in [0.2, 0.25) is 10.0 Å². The molecule has 0 aromatic heterocycles. The van der Waals surface area contributed by atoms with Crippen LogP contribution in [0.1, 0.15) is 36.0 Å². The first-order chi connectivity index (χ1) is 14.0. The van der Waals surface area contributed by atoms with Gasteiger partial charge in [0.05, 0.1) is 5.02 Å². The standard InChI is InChI=1S/C24H23Cl2NO2/c1-16(14-17-8-4-2-5-9-17)27-22(28)15-20(18-10-6-3-7-11-18)19-12-13-21(25)23(26)24(19)29/h2-13,16,20,29H,14-15H2,1H3,(H,27,28). The summed E-state index contributed by atoms with van der Waals surface area (Å²) in [6.45, 7) is 1.99. The monoisotopic (exact) mass is 427 g/mol. The molecule has 29 heavy (non-hydrogen) atoms. The zero-order valence-corrected chi connectivity index (χ0v) is 17.6. The van der Waals surface area contributed by atoms with Crippen LogP contribution in [-0.2, 0) is 11.2 Å². The molecule has 0 bridgehead atoms. The molecule has 3 aromatic rings. The number of aromatic hydroxyl groups is 1. The van der Waals surface area contributed by atoms with E-state index in [0.29, 0.717) is 5.56 Å². The number of amides is 1. The zero-order valence-electron chi connectivity index (χ0n) is 16.1. The van der Waals surface area contributed by atoms with Crippen LogP contribution in [0, 0.1) is 0 Å². The lowest BCUT2D eigenvalue weighted by Crippen LogP contribution is -2.35. The second-order valence-electron chi connectivity index (χ2n) is 7.12. The first-order valence-corrected chi connectivity index (χ1v) is 10.3. The first-order valence-electron chi connectivity index (χ1n) is 9.50. The molecule has 2 N–H and O–H groups in total. The Kier molecular flexibility index (Phi) is 7.18. The fourth-order valence-electron chi connectivity index (χ4n) is 3.47. The van der Waals surface area contributed by atoms with E-state index in [-0.39, 0.29) is 40.1 Å². The number of nitrogens with one attached hydrogen (secondary N) is 1. The van der Waals surface area contributed by atoms with Crippen molar-refractivity contribution in [2.24, 2.45) is 0 Å². The number of carbonyl (C=O) groups excluding carboxylic acids is 1. The minimum atomic E-state index is -0.338. The highest BCUT2D eigenvalue weighted by atomic mass is 35.5. The Bertz CT molecular complexity index is 961. The van der Waals surface area contributed by atoms with Crippen molar-refractivity contribution in [3.05, 3.63) is 99.5 Å². The van der Waals surface area contributed by atoms with E-state index in [1.54, 1.807) is 12.1 Å². The molecule has 2 unspecified atom stereocenters. The molecule has 3 nitrogen and oxygen atoms in total. The van der Waals surface area contributed by atoms with E-state index in [1.807, 2.05) is 67.6 Å². The summed E-state index contributed by atoms with van der Waals surface area (Å²) in [5.74, 6) is -0.513. The largest absolute Gasteiger partial charge is 0.506 e. The van der Waals surface area contributed by atoms with E-state index in [0.717, 1.165) is 12.0 Å². The predicted octanol–water partition coefficient (Wildman–Crippen LogP) is 5.97. The van der Waals surface area contributed by atoms with Crippen molar-refractivity contribution in [3.8, 4) is 5.75 Å². The van der Waals surface area contributed by atoms with E-state index in [1.165, 1.54) is 5.56 Å². The number of hydrogen-bond donors (Lipinski definition) is 2. The molecular weight excluding hydrogens is 405 g/mol. The molecule has 5 heteroatoms. The van der Waals surface area contributed by atoms with Gasteiger partial charge in [0, 0.05) is 23.9 Å². The summed E-state index contributed by atoms with van der Waals surface area (Å²) in [6.07, 6.45) is 0.940. The average molecular weight is 428 g/mol.